The Morgan fingerprint density at radius 1 is 1.29 bits per heavy atom. The van der Waals surface area contributed by atoms with E-state index in [1.54, 1.807) is 13.2 Å². The highest BCUT2D eigenvalue weighted by molar-refractivity contribution is 6.01. The third-order valence-electron chi connectivity index (χ3n) is 4.58. The number of hydrogen-bond donors (Lipinski definition) is 1. The third-order valence-corrected chi connectivity index (χ3v) is 4.58. The van der Waals surface area contributed by atoms with E-state index < -0.39 is 11.9 Å². The summed E-state index contributed by atoms with van der Waals surface area (Å²) in [4.78, 5) is 34.8. The van der Waals surface area contributed by atoms with Crippen LogP contribution in [0.15, 0.2) is 47.3 Å². The number of hydrogen-bond acceptors (Lipinski definition) is 7. The average molecular weight is 378 g/mol. The molecule has 9 nitrogen and oxygen atoms in total. The van der Waals surface area contributed by atoms with Gasteiger partial charge >= 0.3 is 11.8 Å². The predicted octanol–water partition coefficient (Wildman–Crippen LogP) is 1.16. The Morgan fingerprint density at radius 2 is 2.11 bits per heavy atom. The van der Waals surface area contributed by atoms with Gasteiger partial charge in [-0.3, -0.25) is 14.5 Å². The second-order valence-electron chi connectivity index (χ2n) is 6.50. The smallest absolute Gasteiger partial charge is 0.309 e. The quantitative estimate of drug-likeness (QED) is 0.724. The Morgan fingerprint density at radius 3 is 2.93 bits per heavy atom. The fourth-order valence-electron chi connectivity index (χ4n) is 3.13. The molecule has 142 valence electrons. The molecule has 0 saturated carbocycles. The zero-order chi connectivity index (χ0) is 19.5. The Labute approximate surface area is 160 Å². The molecular formula is C19H18N6O3. The van der Waals surface area contributed by atoms with Gasteiger partial charge < -0.3 is 9.73 Å². The molecule has 0 bridgehead atoms. The average Bonchev–Trinajstić information content (AvgIpc) is 3.15. The van der Waals surface area contributed by atoms with Crippen molar-refractivity contribution >= 4 is 17.6 Å². The van der Waals surface area contributed by atoms with Crippen LogP contribution in [0.3, 0.4) is 0 Å². The van der Waals surface area contributed by atoms with Gasteiger partial charge in [0.15, 0.2) is 0 Å². The lowest BCUT2D eigenvalue weighted by atomic mass is 10.1. The number of nitrogens with one attached hydrogen (secondary N) is 1. The van der Waals surface area contributed by atoms with E-state index in [1.807, 2.05) is 30.3 Å². The van der Waals surface area contributed by atoms with E-state index in [9.17, 15) is 9.59 Å². The first-order chi connectivity index (χ1) is 13.6. The first kappa shape index (κ1) is 17.8. The third kappa shape index (κ3) is 3.59. The van der Waals surface area contributed by atoms with Crippen molar-refractivity contribution < 1.29 is 14.0 Å². The molecule has 9 heteroatoms. The summed E-state index contributed by atoms with van der Waals surface area (Å²) in [6.07, 6.45) is 4.51. The lowest BCUT2D eigenvalue weighted by Crippen LogP contribution is -2.47. The van der Waals surface area contributed by atoms with Crippen LogP contribution >= 0.6 is 0 Å². The molecule has 1 aromatic carbocycles. The molecule has 1 atom stereocenters. The largest absolute Gasteiger partial charge is 0.417 e. The Balaban J connectivity index is 1.45. The summed E-state index contributed by atoms with van der Waals surface area (Å²) in [6.45, 7) is 0. The van der Waals surface area contributed by atoms with E-state index >= 15 is 0 Å². The summed E-state index contributed by atoms with van der Waals surface area (Å²) >= 11 is 0. The van der Waals surface area contributed by atoms with Gasteiger partial charge in [-0.1, -0.05) is 30.3 Å². The maximum absolute atomic E-state index is 12.7. The number of amides is 2. The van der Waals surface area contributed by atoms with Crippen molar-refractivity contribution in [1.82, 2.24) is 25.5 Å². The molecule has 0 aliphatic carbocycles. The van der Waals surface area contributed by atoms with E-state index in [0.717, 1.165) is 11.1 Å². The topological polar surface area (TPSA) is 114 Å². The fourth-order valence-corrected chi connectivity index (χ4v) is 3.13. The molecule has 0 saturated heterocycles. The number of anilines is 1. The Bertz CT molecular complexity index is 1000. The molecule has 1 N–H and O–H groups in total. The van der Waals surface area contributed by atoms with Crippen molar-refractivity contribution in [2.24, 2.45) is 0 Å². The van der Waals surface area contributed by atoms with Crippen LogP contribution in [0.25, 0.3) is 0 Å². The summed E-state index contributed by atoms with van der Waals surface area (Å²) in [5.74, 6) is -0.101. The highest BCUT2D eigenvalue weighted by Crippen LogP contribution is 2.22. The molecule has 2 amide bonds. The highest BCUT2D eigenvalue weighted by Gasteiger charge is 2.31. The summed E-state index contributed by atoms with van der Waals surface area (Å²) in [6, 6.07) is 8.90. The number of aromatic nitrogens is 4. The Kier molecular flexibility index (Phi) is 4.79. The summed E-state index contributed by atoms with van der Waals surface area (Å²) in [5.41, 5.74) is 1.86. The maximum Gasteiger partial charge on any atom is 0.309 e. The Hall–Kier alpha value is -3.62. The van der Waals surface area contributed by atoms with Gasteiger partial charge in [-0.15, -0.1) is 10.2 Å². The second kappa shape index (κ2) is 7.55. The number of aryl methyl sites for hydroxylation is 1. The molecule has 0 fully saturated rings. The van der Waals surface area contributed by atoms with Crippen LogP contribution in [0.5, 0.6) is 0 Å². The van der Waals surface area contributed by atoms with Crippen molar-refractivity contribution in [3.05, 3.63) is 65.8 Å². The number of likely N-dealkylation sites (N-methyl/N-ethyl adjacent to an activating group) is 1. The van der Waals surface area contributed by atoms with Crippen LogP contribution in [0.4, 0.5) is 5.82 Å². The van der Waals surface area contributed by atoms with Crippen LogP contribution in [-0.2, 0) is 17.6 Å². The van der Waals surface area contributed by atoms with Gasteiger partial charge in [0.05, 0.1) is 6.42 Å². The number of benzene rings is 1. The molecule has 0 unspecified atom stereocenters. The number of carbonyl (C=O) groups is 2. The molecule has 1 aliphatic heterocycles. The zero-order valence-corrected chi connectivity index (χ0v) is 15.2. The lowest BCUT2D eigenvalue weighted by Gasteiger charge is -2.20. The number of carbonyl (C=O) groups excluding carboxylic acids is 2. The fraction of sp³-hybridized carbons (Fsp3) is 0.263. The van der Waals surface area contributed by atoms with E-state index in [-0.39, 0.29) is 11.8 Å². The van der Waals surface area contributed by atoms with Crippen LogP contribution in [0.1, 0.15) is 34.1 Å². The van der Waals surface area contributed by atoms with E-state index in [4.69, 9.17) is 4.42 Å². The van der Waals surface area contributed by atoms with E-state index in [2.05, 4.69) is 25.5 Å². The van der Waals surface area contributed by atoms with Gasteiger partial charge in [-0.25, -0.2) is 9.97 Å². The molecule has 2 aromatic heterocycles. The summed E-state index contributed by atoms with van der Waals surface area (Å²) in [5, 5.41) is 10.4. The molecule has 0 radical (unpaired) electrons. The predicted molar refractivity (Wildman–Crippen MR) is 98.6 cm³/mol. The number of rotatable bonds is 4. The van der Waals surface area contributed by atoms with E-state index in [0.29, 0.717) is 31.0 Å². The number of nitrogens with zero attached hydrogens (tertiary/aromatic N) is 5. The molecule has 4 rings (SSSR count). The molecule has 3 heterocycles. The van der Waals surface area contributed by atoms with E-state index in [1.165, 1.54) is 11.2 Å². The SMILES string of the molecule is CN1C(=O)[C@@H](NC(=O)c2nnc(Cc3ccccc3)o2)CCc2cncnc21. The van der Waals surface area contributed by atoms with Crippen molar-refractivity contribution in [3.63, 3.8) is 0 Å². The zero-order valence-electron chi connectivity index (χ0n) is 15.2. The molecule has 1 aliphatic rings. The minimum Gasteiger partial charge on any atom is -0.417 e. The van der Waals surface area contributed by atoms with Gasteiger partial charge in [0.2, 0.25) is 11.8 Å². The lowest BCUT2D eigenvalue weighted by molar-refractivity contribution is -0.120. The van der Waals surface area contributed by atoms with Crippen LogP contribution in [-0.4, -0.2) is 45.1 Å². The van der Waals surface area contributed by atoms with Gasteiger partial charge in [0, 0.05) is 18.8 Å². The van der Waals surface area contributed by atoms with Crippen molar-refractivity contribution in [3.8, 4) is 0 Å². The van der Waals surface area contributed by atoms with Crippen molar-refractivity contribution in [2.75, 3.05) is 11.9 Å². The van der Waals surface area contributed by atoms with Gasteiger partial charge in [-0.05, 0) is 18.4 Å². The van der Waals surface area contributed by atoms with Crippen molar-refractivity contribution in [1.29, 1.82) is 0 Å². The standard InChI is InChI=1S/C19H18N6O3/c1-25-16-13(10-20-11-21-16)7-8-14(19(25)27)22-17(26)18-24-23-15(28-18)9-12-5-3-2-4-6-12/h2-6,10-11,14H,7-9H2,1H3,(H,22,26)/t14-/m0/s1. The molecule has 0 spiro atoms. The monoisotopic (exact) mass is 378 g/mol. The second-order valence-corrected chi connectivity index (χ2v) is 6.50. The molecular weight excluding hydrogens is 360 g/mol. The normalized spacial score (nSPS) is 16.4. The first-order valence-electron chi connectivity index (χ1n) is 8.85. The molecule has 3 aromatic rings. The minimum atomic E-state index is -0.712. The minimum absolute atomic E-state index is 0.164. The van der Waals surface area contributed by atoms with Crippen LogP contribution < -0.4 is 10.2 Å². The van der Waals surface area contributed by atoms with Crippen LogP contribution in [0, 0.1) is 0 Å². The van der Waals surface area contributed by atoms with Gasteiger partial charge in [-0.2, -0.15) is 0 Å². The molecule has 28 heavy (non-hydrogen) atoms. The summed E-state index contributed by atoms with van der Waals surface area (Å²) < 4.78 is 5.46. The van der Waals surface area contributed by atoms with Gasteiger partial charge in [0.1, 0.15) is 18.2 Å². The first-order valence-corrected chi connectivity index (χ1v) is 8.85. The highest BCUT2D eigenvalue weighted by atomic mass is 16.4. The van der Waals surface area contributed by atoms with Gasteiger partial charge in [0.25, 0.3) is 0 Å². The maximum atomic E-state index is 12.7. The summed E-state index contributed by atoms with van der Waals surface area (Å²) in [7, 11) is 1.63. The van der Waals surface area contributed by atoms with Crippen molar-refractivity contribution in [2.45, 2.75) is 25.3 Å². The number of fused-ring (bicyclic) bond motifs is 1. The van der Waals surface area contributed by atoms with Crippen LogP contribution in [0.2, 0.25) is 0 Å².